The summed E-state index contributed by atoms with van der Waals surface area (Å²) in [6, 6.07) is 10.7. The maximum atomic E-state index is 12.3. The van der Waals surface area contributed by atoms with Crippen molar-refractivity contribution < 1.29 is 27.5 Å². The molecule has 3 rings (SSSR count). The molecule has 0 amide bonds. The Balaban J connectivity index is 1.64. The van der Waals surface area contributed by atoms with E-state index in [4.69, 9.17) is 9.47 Å². The van der Waals surface area contributed by atoms with E-state index in [1.165, 1.54) is 31.2 Å². The van der Waals surface area contributed by atoms with E-state index in [-0.39, 0.29) is 16.7 Å². The van der Waals surface area contributed by atoms with Gasteiger partial charge in [-0.2, -0.15) is 8.42 Å². The molecule has 2 N–H and O–H groups in total. The molecule has 0 fully saturated rings. The molecule has 8 nitrogen and oxygen atoms in total. The lowest BCUT2D eigenvalue weighted by molar-refractivity contribution is -0.109. The highest BCUT2D eigenvalue weighted by molar-refractivity contribution is 8.14. The summed E-state index contributed by atoms with van der Waals surface area (Å²) in [7, 11) is -3.90. The van der Waals surface area contributed by atoms with Crippen molar-refractivity contribution in [2.45, 2.75) is 6.92 Å². The van der Waals surface area contributed by atoms with Crippen LogP contribution < -0.4 is 18.9 Å². The third-order valence-corrected chi connectivity index (χ3v) is 5.48. The number of thioether (sulfide) groups is 1. The second kappa shape index (κ2) is 8.53. The first-order valence-corrected chi connectivity index (χ1v) is 10.8. The Labute approximate surface area is 166 Å². The lowest BCUT2D eigenvalue weighted by Gasteiger charge is -2.19. The van der Waals surface area contributed by atoms with Gasteiger partial charge in [0.15, 0.2) is 22.4 Å². The summed E-state index contributed by atoms with van der Waals surface area (Å²) in [5, 5.41) is -0.136. The fourth-order valence-electron chi connectivity index (χ4n) is 2.42. The molecule has 2 aromatic rings. The van der Waals surface area contributed by atoms with Crippen molar-refractivity contribution in [2.75, 3.05) is 28.4 Å². The van der Waals surface area contributed by atoms with E-state index in [2.05, 4.69) is 9.44 Å². The number of ether oxygens (including phenoxy) is 2. The van der Waals surface area contributed by atoms with Crippen molar-refractivity contribution >= 4 is 44.2 Å². The first kappa shape index (κ1) is 20.0. The number of hydrogen-bond acceptors (Lipinski definition) is 7. The zero-order valence-corrected chi connectivity index (χ0v) is 16.6. The monoisotopic (exact) mass is 422 g/mol. The molecule has 1 heterocycles. The van der Waals surface area contributed by atoms with E-state index >= 15 is 0 Å². The average Bonchev–Trinajstić information content (AvgIpc) is 2.66. The Bertz CT molecular complexity index is 990. The van der Waals surface area contributed by atoms with Crippen LogP contribution in [0.4, 0.5) is 11.4 Å². The van der Waals surface area contributed by atoms with Crippen LogP contribution in [0.3, 0.4) is 0 Å². The summed E-state index contributed by atoms with van der Waals surface area (Å²) in [6.45, 7) is 2.24. The van der Waals surface area contributed by atoms with Crippen LogP contribution >= 0.6 is 11.8 Å². The fraction of sp³-hybridized carbons (Fsp3) is 0.222. The van der Waals surface area contributed by atoms with Crippen LogP contribution in [0.25, 0.3) is 0 Å². The van der Waals surface area contributed by atoms with Gasteiger partial charge in [0.1, 0.15) is 13.2 Å². The van der Waals surface area contributed by atoms with Gasteiger partial charge in [-0.1, -0.05) is 11.8 Å². The number of carbonyl (C=O) groups excluding carboxylic acids is 2. The van der Waals surface area contributed by atoms with Crippen LogP contribution in [0.2, 0.25) is 0 Å². The molecule has 0 aliphatic carbocycles. The Hall–Kier alpha value is -2.72. The molecule has 28 heavy (non-hydrogen) atoms. The van der Waals surface area contributed by atoms with Gasteiger partial charge in [0, 0.05) is 18.6 Å². The van der Waals surface area contributed by atoms with Crippen molar-refractivity contribution in [3.8, 4) is 11.5 Å². The smallest absolute Gasteiger partial charge is 0.321 e. The van der Waals surface area contributed by atoms with E-state index in [1.54, 1.807) is 18.2 Å². The van der Waals surface area contributed by atoms with E-state index in [0.717, 1.165) is 11.8 Å². The minimum Gasteiger partial charge on any atom is -0.486 e. The van der Waals surface area contributed by atoms with Crippen LogP contribution in [0.5, 0.6) is 11.5 Å². The second-order valence-corrected chi connectivity index (χ2v) is 8.41. The van der Waals surface area contributed by atoms with Crippen LogP contribution in [0, 0.1) is 0 Å². The summed E-state index contributed by atoms with van der Waals surface area (Å²) in [6.07, 6.45) is 0. The number of rotatable bonds is 7. The van der Waals surface area contributed by atoms with Crippen molar-refractivity contribution in [3.05, 3.63) is 48.0 Å². The highest BCUT2D eigenvalue weighted by Gasteiger charge is 2.16. The molecule has 0 bridgehead atoms. The minimum absolute atomic E-state index is 0.0477. The number of carbonyl (C=O) groups is 2. The fourth-order valence-corrected chi connectivity index (χ4v) is 3.85. The Kier molecular flexibility index (Phi) is 6.10. The van der Waals surface area contributed by atoms with Gasteiger partial charge < -0.3 is 9.47 Å². The molecule has 0 atom stereocenters. The van der Waals surface area contributed by atoms with Gasteiger partial charge in [0.25, 0.3) is 0 Å². The van der Waals surface area contributed by atoms with Gasteiger partial charge in [-0.25, -0.2) is 0 Å². The van der Waals surface area contributed by atoms with Crippen LogP contribution in [-0.2, 0) is 15.0 Å². The molecule has 0 aromatic heterocycles. The van der Waals surface area contributed by atoms with Crippen LogP contribution in [0.15, 0.2) is 42.5 Å². The SMILES string of the molecule is CC(=O)SCC(=O)c1ccc(NS(=O)(=O)Nc2ccc3c(c2)OCCO3)cc1. The second-order valence-electron chi connectivity index (χ2n) is 5.85. The van der Waals surface area contributed by atoms with Crippen molar-refractivity contribution in [1.82, 2.24) is 0 Å². The largest absolute Gasteiger partial charge is 0.486 e. The molecule has 0 radical (unpaired) electrons. The number of benzene rings is 2. The summed E-state index contributed by atoms with van der Waals surface area (Å²) in [5.41, 5.74) is 1.02. The Morgan fingerprint density at radius 2 is 1.57 bits per heavy atom. The quantitative estimate of drug-likeness (QED) is 0.660. The minimum atomic E-state index is -3.90. The molecule has 1 aliphatic rings. The van der Waals surface area contributed by atoms with Crippen molar-refractivity contribution in [2.24, 2.45) is 0 Å². The summed E-state index contributed by atoms with van der Waals surface area (Å²) >= 11 is 0.930. The molecule has 0 unspecified atom stereocenters. The van der Waals surface area contributed by atoms with Gasteiger partial charge in [-0.05, 0) is 36.4 Å². The number of fused-ring (bicyclic) bond motifs is 1. The molecule has 0 saturated heterocycles. The number of anilines is 2. The summed E-state index contributed by atoms with van der Waals surface area (Å²) in [4.78, 5) is 22.9. The number of hydrogen-bond donors (Lipinski definition) is 2. The maximum Gasteiger partial charge on any atom is 0.321 e. The topological polar surface area (TPSA) is 111 Å². The summed E-state index contributed by atoms with van der Waals surface area (Å²) in [5.74, 6) is 0.874. The van der Waals surface area contributed by atoms with Crippen molar-refractivity contribution in [1.29, 1.82) is 0 Å². The third-order valence-electron chi connectivity index (χ3n) is 3.66. The zero-order chi connectivity index (χ0) is 20.1. The van der Waals surface area contributed by atoms with E-state index in [0.29, 0.717) is 41.7 Å². The molecule has 10 heteroatoms. The molecule has 0 spiro atoms. The van der Waals surface area contributed by atoms with E-state index in [9.17, 15) is 18.0 Å². The Morgan fingerprint density at radius 1 is 0.964 bits per heavy atom. The number of Topliss-reactive ketones (excluding diaryl/α,β-unsaturated/α-hetero) is 1. The van der Waals surface area contributed by atoms with E-state index in [1.807, 2.05) is 0 Å². The molecule has 0 saturated carbocycles. The maximum absolute atomic E-state index is 12.3. The molecular formula is C18H18N2O6S2. The first-order chi connectivity index (χ1) is 13.3. The molecule has 2 aromatic carbocycles. The van der Waals surface area contributed by atoms with Crippen LogP contribution in [0.1, 0.15) is 17.3 Å². The van der Waals surface area contributed by atoms with E-state index < -0.39 is 10.2 Å². The normalized spacial score (nSPS) is 12.9. The number of ketones is 1. The molecular weight excluding hydrogens is 404 g/mol. The summed E-state index contributed by atoms with van der Waals surface area (Å²) < 4.78 is 40.3. The van der Waals surface area contributed by atoms with Gasteiger partial charge in [0.05, 0.1) is 17.1 Å². The van der Waals surface area contributed by atoms with Gasteiger partial charge in [-0.15, -0.1) is 0 Å². The average molecular weight is 422 g/mol. The molecule has 148 valence electrons. The lowest BCUT2D eigenvalue weighted by atomic mass is 10.1. The highest BCUT2D eigenvalue weighted by atomic mass is 32.2. The molecule has 1 aliphatic heterocycles. The first-order valence-electron chi connectivity index (χ1n) is 8.29. The predicted octanol–water partition coefficient (Wildman–Crippen LogP) is 2.69. The zero-order valence-electron chi connectivity index (χ0n) is 14.9. The highest BCUT2D eigenvalue weighted by Crippen LogP contribution is 2.32. The third kappa shape index (κ3) is 5.40. The van der Waals surface area contributed by atoms with Crippen LogP contribution in [-0.4, -0.2) is 38.3 Å². The van der Waals surface area contributed by atoms with Gasteiger partial charge in [0.2, 0.25) is 0 Å². The number of nitrogens with one attached hydrogen (secondary N) is 2. The van der Waals surface area contributed by atoms with Gasteiger partial charge in [-0.3, -0.25) is 19.0 Å². The standard InChI is InChI=1S/C18H18N2O6S2/c1-12(21)27-11-16(22)13-2-4-14(5-3-13)19-28(23,24)20-15-6-7-17-18(10-15)26-9-8-25-17/h2-7,10,19-20H,8-9,11H2,1H3. The lowest BCUT2D eigenvalue weighted by Crippen LogP contribution is -2.22. The van der Waals surface area contributed by atoms with Crippen molar-refractivity contribution in [3.63, 3.8) is 0 Å². The predicted molar refractivity (Wildman–Crippen MR) is 108 cm³/mol. The van der Waals surface area contributed by atoms with Gasteiger partial charge >= 0.3 is 10.2 Å². The Morgan fingerprint density at radius 3 is 2.25 bits per heavy atom.